The summed E-state index contributed by atoms with van der Waals surface area (Å²) in [5, 5.41) is 5.57. The molecule has 1 saturated heterocycles. The van der Waals surface area contributed by atoms with Gasteiger partial charge in [-0.05, 0) is 99.5 Å². The summed E-state index contributed by atoms with van der Waals surface area (Å²) in [6.45, 7) is 10.4. The van der Waals surface area contributed by atoms with Gasteiger partial charge in [0.2, 0.25) is 5.88 Å². The molecule has 0 aliphatic carbocycles. The Kier molecular flexibility index (Phi) is 13.0. The highest BCUT2D eigenvalue weighted by atomic mass is 35.5. The molecule has 1 aromatic heterocycles. The van der Waals surface area contributed by atoms with Crippen molar-refractivity contribution in [1.82, 2.24) is 9.29 Å². The van der Waals surface area contributed by atoms with Crippen LogP contribution in [-0.4, -0.2) is 60.2 Å². The second-order valence-corrected chi connectivity index (χ2v) is 17.4. The molecule has 1 aliphatic heterocycles. The second kappa shape index (κ2) is 16.7. The van der Waals surface area contributed by atoms with Crippen molar-refractivity contribution in [3.63, 3.8) is 0 Å². The molecule has 4 aromatic rings. The average molecular weight is 795 g/mol. The number of fused-ring (bicyclic) bond motifs is 1. The van der Waals surface area contributed by atoms with E-state index in [2.05, 4.69) is 46.0 Å². The molecule has 1 N–H and O–H groups in total. The summed E-state index contributed by atoms with van der Waals surface area (Å²) < 4.78 is 77.6. The van der Waals surface area contributed by atoms with Crippen LogP contribution in [0.4, 0.5) is 18.9 Å². The van der Waals surface area contributed by atoms with E-state index in [1.807, 2.05) is 66.7 Å². The van der Waals surface area contributed by atoms with Crippen LogP contribution in [0.2, 0.25) is 10.0 Å². The fraction of sp³-hybridized carbons (Fsp3) is 0.475. The predicted molar refractivity (Wildman–Crippen MR) is 208 cm³/mol. The summed E-state index contributed by atoms with van der Waals surface area (Å²) in [6, 6.07) is 23.0. The quantitative estimate of drug-likeness (QED) is 0.121. The molecular formula is C40H48Cl2F3N3O4S. The van der Waals surface area contributed by atoms with Gasteiger partial charge < -0.3 is 14.8 Å². The van der Waals surface area contributed by atoms with Gasteiger partial charge in [0.05, 0.1) is 17.7 Å². The van der Waals surface area contributed by atoms with Crippen molar-refractivity contribution in [2.24, 2.45) is 0 Å². The van der Waals surface area contributed by atoms with Crippen molar-refractivity contribution in [3.05, 3.63) is 99.5 Å². The number of nitrogens with one attached hydrogen (secondary N) is 1. The van der Waals surface area contributed by atoms with Gasteiger partial charge in [0.15, 0.2) is 0 Å². The first-order chi connectivity index (χ1) is 24.9. The SMILES string of the molecule is CCCC(C)(CCOC(C)(C)CC)Oc1cc(NC2CCN(S(=O)(=O)C(F)(F)F)CC2)c2cc(C(c3ccc(Cl)cc3)c3ccc(Cl)cc3)ccc2n1. The van der Waals surface area contributed by atoms with E-state index in [1.54, 1.807) is 0 Å². The third-order valence-corrected chi connectivity index (χ3v) is 12.2. The summed E-state index contributed by atoms with van der Waals surface area (Å²) in [6.07, 6.45) is 3.53. The lowest BCUT2D eigenvalue weighted by atomic mass is 9.84. The van der Waals surface area contributed by atoms with Crippen LogP contribution in [0.1, 0.15) is 95.8 Å². The van der Waals surface area contributed by atoms with Gasteiger partial charge in [-0.1, -0.05) is 73.8 Å². The number of sulfonamides is 1. The molecule has 0 spiro atoms. The Morgan fingerprint density at radius 3 is 1.96 bits per heavy atom. The Hall–Kier alpha value is -3.09. The largest absolute Gasteiger partial charge is 0.511 e. The molecule has 3 aromatic carbocycles. The number of hydrogen-bond acceptors (Lipinski definition) is 6. The molecule has 1 atom stereocenters. The summed E-state index contributed by atoms with van der Waals surface area (Å²) in [5.74, 6) is 0.219. The van der Waals surface area contributed by atoms with E-state index in [0.29, 0.717) is 44.5 Å². The lowest BCUT2D eigenvalue weighted by Gasteiger charge is -2.33. The molecule has 5 rings (SSSR count). The molecule has 1 fully saturated rings. The molecule has 13 heteroatoms. The van der Waals surface area contributed by atoms with Gasteiger partial charge in [-0.2, -0.15) is 17.5 Å². The van der Waals surface area contributed by atoms with E-state index in [-0.39, 0.29) is 43.5 Å². The minimum atomic E-state index is -5.41. The number of piperidine rings is 1. The monoisotopic (exact) mass is 793 g/mol. The summed E-state index contributed by atoms with van der Waals surface area (Å²) >= 11 is 12.5. The lowest BCUT2D eigenvalue weighted by Crippen LogP contribution is -2.47. The molecule has 0 bridgehead atoms. The highest BCUT2D eigenvalue weighted by molar-refractivity contribution is 7.90. The van der Waals surface area contributed by atoms with Gasteiger partial charge in [0.1, 0.15) is 5.60 Å². The Morgan fingerprint density at radius 1 is 0.868 bits per heavy atom. The van der Waals surface area contributed by atoms with Gasteiger partial charge in [-0.3, -0.25) is 0 Å². The van der Waals surface area contributed by atoms with Crippen molar-refractivity contribution in [1.29, 1.82) is 0 Å². The number of aromatic nitrogens is 1. The molecule has 1 aliphatic rings. The molecule has 0 amide bonds. The first-order valence-electron chi connectivity index (χ1n) is 18.0. The van der Waals surface area contributed by atoms with Crippen LogP contribution in [-0.2, 0) is 14.8 Å². The number of benzene rings is 3. The van der Waals surface area contributed by atoms with Crippen LogP contribution in [0, 0.1) is 0 Å². The minimum Gasteiger partial charge on any atom is -0.471 e. The molecule has 0 radical (unpaired) electrons. The van der Waals surface area contributed by atoms with E-state index in [1.165, 1.54) is 0 Å². The zero-order valence-electron chi connectivity index (χ0n) is 30.8. The van der Waals surface area contributed by atoms with E-state index in [9.17, 15) is 21.6 Å². The van der Waals surface area contributed by atoms with Crippen LogP contribution in [0.5, 0.6) is 5.88 Å². The van der Waals surface area contributed by atoms with Gasteiger partial charge >= 0.3 is 15.5 Å². The maximum Gasteiger partial charge on any atom is 0.511 e. The number of ether oxygens (including phenoxy) is 2. The molecule has 1 unspecified atom stereocenters. The molecule has 0 saturated carbocycles. The Morgan fingerprint density at radius 2 is 1.43 bits per heavy atom. The number of halogens is 5. The van der Waals surface area contributed by atoms with Gasteiger partial charge in [0.25, 0.3) is 0 Å². The van der Waals surface area contributed by atoms with Crippen molar-refractivity contribution in [2.75, 3.05) is 25.0 Å². The van der Waals surface area contributed by atoms with E-state index in [0.717, 1.165) is 41.3 Å². The maximum atomic E-state index is 13.3. The molecule has 7 nitrogen and oxygen atoms in total. The standard InChI is InChI=1S/C40H48Cl2F3N3O4S/c1-6-20-39(5,21-24-51-38(3,4)7-2)52-36-26-35(46-32-18-22-48(23-19-32)53(49,50)40(43,44)45)33-25-29(12-17-34(33)47-36)37(27-8-13-30(41)14-9-27)28-10-15-31(42)16-11-28/h8-17,25-26,32,37H,6-7,18-24H2,1-5H3,(H,46,47). The fourth-order valence-electron chi connectivity index (χ4n) is 6.72. The summed E-state index contributed by atoms with van der Waals surface area (Å²) in [5.41, 5.74) is -1.82. The van der Waals surface area contributed by atoms with Crippen molar-refractivity contribution < 1.29 is 31.1 Å². The molecular weight excluding hydrogens is 746 g/mol. The molecule has 288 valence electrons. The Labute approximate surface area is 321 Å². The number of pyridine rings is 1. The van der Waals surface area contributed by atoms with Gasteiger partial charge in [-0.15, -0.1) is 0 Å². The average Bonchev–Trinajstić information content (AvgIpc) is 3.10. The van der Waals surface area contributed by atoms with Crippen LogP contribution < -0.4 is 10.1 Å². The number of rotatable bonds is 15. The topological polar surface area (TPSA) is 80.8 Å². The van der Waals surface area contributed by atoms with Crippen LogP contribution in [0.15, 0.2) is 72.8 Å². The third kappa shape index (κ3) is 10.2. The maximum absolute atomic E-state index is 13.3. The van der Waals surface area contributed by atoms with Crippen LogP contribution in [0.25, 0.3) is 10.9 Å². The summed E-state index contributed by atoms with van der Waals surface area (Å²) in [7, 11) is -5.41. The first kappa shape index (κ1) is 41.1. The highest BCUT2D eigenvalue weighted by Crippen LogP contribution is 2.39. The van der Waals surface area contributed by atoms with Crippen LogP contribution >= 0.6 is 23.2 Å². The lowest BCUT2D eigenvalue weighted by molar-refractivity contribution is -0.0496. The first-order valence-corrected chi connectivity index (χ1v) is 20.2. The normalized spacial score (nSPS) is 16.2. The van der Waals surface area contributed by atoms with Gasteiger partial charge in [-0.25, -0.2) is 13.4 Å². The highest BCUT2D eigenvalue weighted by Gasteiger charge is 2.50. The molecule has 53 heavy (non-hydrogen) atoms. The zero-order valence-corrected chi connectivity index (χ0v) is 33.1. The Bertz CT molecular complexity index is 1910. The Balaban J connectivity index is 1.54. The molecule has 2 heterocycles. The second-order valence-electron chi connectivity index (χ2n) is 14.6. The van der Waals surface area contributed by atoms with Crippen molar-refractivity contribution in [2.45, 2.75) is 102 Å². The van der Waals surface area contributed by atoms with Crippen molar-refractivity contribution in [3.8, 4) is 5.88 Å². The van der Waals surface area contributed by atoms with Gasteiger partial charge in [0, 0.05) is 58.7 Å². The predicted octanol–water partition coefficient (Wildman–Crippen LogP) is 11.0. The zero-order chi connectivity index (χ0) is 38.6. The number of nitrogens with zero attached hydrogens (tertiary/aromatic N) is 2. The number of hydrogen-bond donors (Lipinski definition) is 1. The smallest absolute Gasteiger partial charge is 0.471 e. The van der Waals surface area contributed by atoms with Crippen LogP contribution in [0.3, 0.4) is 0 Å². The van der Waals surface area contributed by atoms with E-state index >= 15 is 0 Å². The van der Waals surface area contributed by atoms with E-state index in [4.69, 9.17) is 37.7 Å². The minimum absolute atomic E-state index is 0.186. The number of alkyl halides is 3. The summed E-state index contributed by atoms with van der Waals surface area (Å²) in [4.78, 5) is 4.96. The van der Waals surface area contributed by atoms with E-state index < -0.39 is 21.1 Å². The third-order valence-electron chi connectivity index (χ3n) is 10.1. The van der Waals surface area contributed by atoms with Crippen molar-refractivity contribution >= 4 is 49.8 Å². The fourth-order valence-corrected chi connectivity index (χ4v) is 7.95. The number of anilines is 1.